The summed E-state index contributed by atoms with van der Waals surface area (Å²) in [6.07, 6.45) is 0. The monoisotopic (exact) mass is 361 g/mol. The number of nitrogens with one attached hydrogen (secondary N) is 1. The molecule has 0 aliphatic carbocycles. The molecule has 0 saturated heterocycles. The maximum Gasteiger partial charge on any atom is 0.172 e. The Hall–Kier alpha value is -3.31. The average Bonchev–Trinajstić information content (AvgIpc) is 3.03. The van der Waals surface area contributed by atoms with Crippen molar-refractivity contribution in [3.05, 3.63) is 47.5 Å². The van der Waals surface area contributed by atoms with E-state index in [0.29, 0.717) is 17.9 Å². The highest BCUT2D eigenvalue weighted by Gasteiger charge is 2.17. The summed E-state index contributed by atoms with van der Waals surface area (Å²) < 4.78 is 0.914. The van der Waals surface area contributed by atoms with Crippen LogP contribution >= 0.6 is 11.3 Å². The zero-order valence-corrected chi connectivity index (χ0v) is 15.1. The van der Waals surface area contributed by atoms with E-state index in [0.717, 1.165) is 31.8 Å². The van der Waals surface area contributed by atoms with Gasteiger partial charge in [-0.3, -0.25) is 0 Å². The first-order chi connectivity index (χ1) is 12.7. The first-order valence-electron chi connectivity index (χ1n) is 7.99. The molecule has 7 nitrogen and oxygen atoms in total. The van der Waals surface area contributed by atoms with Crippen LogP contribution < -0.4 is 10.2 Å². The molecule has 4 aromatic rings. The highest BCUT2D eigenvalue weighted by molar-refractivity contribution is 7.25. The minimum absolute atomic E-state index is 0.484. The second-order valence-corrected chi connectivity index (χ2v) is 6.97. The molecule has 8 heteroatoms. The fraction of sp³-hybridized carbons (Fsp3) is 0.167. The van der Waals surface area contributed by atoms with E-state index < -0.39 is 0 Å². The normalized spacial score (nSPS) is 10.8. The number of anilines is 2. The van der Waals surface area contributed by atoms with Gasteiger partial charge < -0.3 is 10.2 Å². The molecule has 0 spiro atoms. The molecule has 0 amide bonds. The highest BCUT2D eigenvalue weighted by atomic mass is 32.1. The highest BCUT2D eigenvalue weighted by Crippen LogP contribution is 2.36. The molecule has 0 saturated carbocycles. The lowest BCUT2D eigenvalue weighted by Crippen LogP contribution is -2.11. The summed E-state index contributed by atoms with van der Waals surface area (Å²) in [6, 6.07) is 14.0. The SMILES string of the molecule is CN(C)c1nnnc2c1sc1nc(NCc3ccccc3)c(C#N)cc12. The molecular formula is C18H15N7S. The van der Waals surface area contributed by atoms with E-state index in [2.05, 4.69) is 31.8 Å². The predicted molar refractivity (Wildman–Crippen MR) is 103 cm³/mol. The second kappa shape index (κ2) is 6.54. The van der Waals surface area contributed by atoms with E-state index in [1.165, 1.54) is 11.3 Å². The first-order valence-corrected chi connectivity index (χ1v) is 8.81. The number of fused-ring (bicyclic) bond motifs is 3. The van der Waals surface area contributed by atoms with Gasteiger partial charge in [-0.05, 0) is 16.8 Å². The molecule has 0 fully saturated rings. The van der Waals surface area contributed by atoms with E-state index >= 15 is 0 Å². The molecule has 0 unspecified atom stereocenters. The van der Waals surface area contributed by atoms with Gasteiger partial charge in [0.25, 0.3) is 0 Å². The number of pyridine rings is 1. The van der Waals surface area contributed by atoms with Crippen LogP contribution in [0.2, 0.25) is 0 Å². The average molecular weight is 361 g/mol. The quantitative estimate of drug-likeness (QED) is 0.597. The van der Waals surface area contributed by atoms with Gasteiger partial charge in [0.05, 0.1) is 5.56 Å². The second-order valence-electron chi connectivity index (χ2n) is 5.98. The van der Waals surface area contributed by atoms with Crippen molar-refractivity contribution in [3.8, 4) is 6.07 Å². The van der Waals surface area contributed by atoms with Crippen molar-refractivity contribution >= 4 is 43.4 Å². The van der Waals surface area contributed by atoms with Gasteiger partial charge in [0.2, 0.25) is 0 Å². The zero-order chi connectivity index (χ0) is 18.1. The van der Waals surface area contributed by atoms with Gasteiger partial charge in [-0.1, -0.05) is 30.3 Å². The molecule has 26 heavy (non-hydrogen) atoms. The molecule has 0 aliphatic heterocycles. The van der Waals surface area contributed by atoms with Crippen LogP contribution in [0.4, 0.5) is 11.6 Å². The summed E-state index contributed by atoms with van der Waals surface area (Å²) >= 11 is 1.50. The van der Waals surface area contributed by atoms with Crippen LogP contribution in [0.15, 0.2) is 36.4 Å². The molecule has 0 radical (unpaired) electrons. The van der Waals surface area contributed by atoms with E-state index in [1.807, 2.05) is 55.4 Å². The Balaban J connectivity index is 1.81. The van der Waals surface area contributed by atoms with Gasteiger partial charge in [0.15, 0.2) is 5.82 Å². The molecule has 0 aliphatic rings. The first kappa shape index (κ1) is 16.2. The van der Waals surface area contributed by atoms with Crippen molar-refractivity contribution in [1.82, 2.24) is 20.4 Å². The third-order valence-electron chi connectivity index (χ3n) is 3.99. The molecule has 1 N–H and O–H groups in total. The maximum atomic E-state index is 9.54. The van der Waals surface area contributed by atoms with E-state index in [-0.39, 0.29) is 0 Å². The Bertz CT molecular complexity index is 1130. The van der Waals surface area contributed by atoms with Crippen LogP contribution in [-0.2, 0) is 6.54 Å². The van der Waals surface area contributed by atoms with Gasteiger partial charge in [-0.2, -0.15) is 5.26 Å². The largest absolute Gasteiger partial charge is 0.365 e. The number of rotatable bonds is 4. The number of hydrogen-bond donors (Lipinski definition) is 1. The van der Waals surface area contributed by atoms with Crippen molar-refractivity contribution in [2.24, 2.45) is 0 Å². The Morgan fingerprint density at radius 2 is 2.00 bits per heavy atom. The molecule has 3 heterocycles. The lowest BCUT2D eigenvalue weighted by Gasteiger charge is -2.09. The van der Waals surface area contributed by atoms with E-state index in [4.69, 9.17) is 0 Å². The smallest absolute Gasteiger partial charge is 0.172 e. The van der Waals surface area contributed by atoms with Crippen LogP contribution in [0.3, 0.4) is 0 Å². The standard InChI is InChI=1S/C18H15N7S/c1-25(2)17-15-14(22-24-23-17)13-8-12(9-19)16(21-18(13)26-15)20-10-11-6-4-3-5-7-11/h3-8H,10H2,1-2H3,(H,20,21). The Morgan fingerprint density at radius 1 is 1.19 bits per heavy atom. The molecule has 0 atom stereocenters. The molecule has 0 bridgehead atoms. The topological polar surface area (TPSA) is 90.6 Å². The molecular weight excluding hydrogens is 346 g/mol. The van der Waals surface area contributed by atoms with E-state index in [1.54, 1.807) is 0 Å². The van der Waals surface area contributed by atoms with Crippen molar-refractivity contribution < 1.29 is 0 Å². The maximum absolute atomic E-state index is 9.54. The Morgan fingerprint density at radius 3 is 2.73 bits per heavy atom. The Labute approximate surface area is 153 Å². The van der Waals surface area contributed by atoms with Gasteiger partial charge in [-0.25, -0.2) is 4.98 Å². The molecule has 3 aromatic heterocycles. The third-order valence-corrected chi connectivity index (χ3v) is 5.08. The van der Waals surface area contributed by atoms with Crippen LogP contribution in [0.5, 0.6) is 0 Å². The van der Waals surface area contributed by atoms with Crippen LogP contribution in [0, 0.1) is 11.3 Å². The lowest BCUT2D eigenvalue weighted by atomic mass is 10.2. The van der Waals surface area contributed by atoms with Gasteiger partial charge in [0.1, 0.15) is 26.9 Å². The Kier molecular flexibility index (Phi) is 4.07. The van der Waals surface area contributed by atoms with Crippen LogP contribution in [0.25, 0.3) is 20.4 Å². The van der Waals surface area contributed by atoms with Crippen LogP contribution in [-0.4, -0.2) is 34.5 Å². The number of nitriles is 1. The van der Waals surface area contributed by atoms with Gasteiger partial charge >= 0.3 is 0 Å². The minimum atomic E-state index is 0.484. The summed E-state index contributed by atoms with van der Waals surface area (Å²) in [7, 11) is 3.82. The van der Waals surface area contributed by atoms with Crippen molar-refractivity contribution in [1.29, 1.82) is 5.26 Å². The number of thiophene rings is 1. The van der Waals surface area contributed by atoms with Gasteiger partial charge in [-0.15, -0.1) is 21.5 Å². The fourth-order valence-electron chi connectivity index (χ4n) is 2.71. The zero-order valence-electron chi connectivity index (χ0n) is 14.3. The number of aromatic nitrogens is 4. The summed E-state index contributed by atoms with van der Waals surface area (Å²) in [5.74, 6) is 1.32. The van der Waals surface area contributed by atoms with E-state index in [9.17, 15) is 5.26 Å². The summed E-state index contributed by atoms with van der Waals surface area (Å²) in [5, 5.41) is 25.8. The fourth-order valence-corrected chi connectivity index (χ4v) is 3.87. The molecule has 1 aromatic carbocycles. The van der Waals surface area contributed by atoms with Crippen LogP contribution in [0.1, 0.15) is 11.1 Å². The predicted octanol–water partition coefficient (Wildman–Crippen LogP) is 3.18. The summed E-state index contributed by atoms with van der Waals surface area (Å²) in [4.78, 5) is 7.37. The summed E-state index contributed by atoms with van der Waals surface area (Å²) in [6.45, 7) is 0.600. The lowest BCUT2D eigenvalue weighted by molar-refractivity contribution is 0.877. The van der Waals surface area contributed by atoms with Crippen molar-refractivity contribution in [3.63, 3.8) is 0 Å². The minimum Gasteiger partial charge on any atom is -0.365 e. The van der Waals surface area contributed by atoms with Crippen molar-refractivity contribution in [2.75, 3.05) is 24.3 Å². The molecule has 128 valence electrons. The summed E-state index contributed by atoms with van der Waals surface area (Å²) in [5.41, 5.74) is 2.33. The van der Waals surface area contributed by atoms with Crippen molar-refractivity contribution in [2.45, 2.75) is 6.54 Å². The number of hydrogen-bond acceptors (Lipinski definition) is 8. The van der Waals surface area contributed by atoms with Gasteiger partial charge in [0, 0.05) is 26.0 Å². The molecule has 4 rings (SSSR count). The third kappa shape index (κ3) is 2.78. The number of benzene rings is 1. The number of nitrogens with zero attached hydrogens (tertiary/aromatic N) is 6.